The van der Waals surface area contributed by atoms with Crippen molar-refractivity contribution in [2.45, 2.75) is 38.8 Å². The van der Waals surface area contributed by atoms with Gasteiger partial charge in [0, 0.05) is 25.0 Å². The number of pyridine rings is 1. The first kappa shape index (κ1) is 14.3. The van der Waals surface area contributed by atoms with Crippen LogP contribution in [0.15, 0.2) is 18.5 Å². The Kier molecular flexibility index (Phi) is 4.55. The molecule has 2 amide bonds. The molecule has 6 nitrogen and oxygen atoms in total. The number of amides is 2. The number of hydrogen-bond donors (Lipinski definition) is 3. The van der Waals surface area contributed by atoms with Gasteiger partial charge in [0.2, 0.25) is 0 Å². The second kappa shape index (κ2) is 6.36. The Morgan fingerprint density at radius 1 is 1.45 bits per heavy atom. The summed E-state index contributed by atoms with van der Waals surface area (Å²) >= 11 is 0. The predicted molar refractivity (Wildman–Crippen MR) is 73.1 cm³/mol. The third-order valence-electron chi connectivity index (χ3n) is 3.74. The monoisotopic (exact) mass is 277 g/mol. The fraction of sp³-hybridized carbons (Fsp3) is 0.500. The molecule has 1 aromatic rings. The first-order valence-electron chi connectivity index (χ1n) is 6.74. The molecule has 0 bridgehead atoms. The lowest BCUT2D eigenvalue weighted by Gasteiger charge is -2.18. The molecule has 1 aromatic heterocycles. The fourth-order valence-electron chi connectivity index (χ4n) is 2.51. The van der Waals surface area contributed by atoms with Crippen molar-refractivity contribution in [2.24, 2.45) is 5.92 Å². The highest BCUT2D eigenvalue weighted by Crippen LogP contribution is 2.25. The zero-order valence-electron chi connectivity index (χ0n) is 11.4. The van der Waals surface area contributed by atoms with Gasteiger partial charge in [-0.15, -0.1) is 0 Å². The fourth-order valence-corrected chi connectivity index (χ4v) is 2.51. The molecule has 3 N–H and O–H groups in total. The second-order valence-corrected chi connectivity index (χ2v) is 5.11. The van der Waals surface area contributed by atoms with E-state index in [9.17, 15) is 9.59 Å². The molecule has 2 rings (SSSR count). The minimum atomic E-state index is -0.837. The van der Waals surface area contributed by atoms with E-state index >= 15 is 0 Å². The van der Waals surface area contributed by atoms with Gasteiger partial charge < -0.3 is 15.7 Å². The molecule has 0 aliphatic heterocycles. The van der Waals surface area contributed by atoms with Crippen LogP contribution in [0.5, 0.6) is 0 Å². The molecule has 108 valence electrons. The van der Waals surface area contributed by atoms with E-state index in [1.165, 1.54) is 0 Å². The highest BCUT2D eigenvalue weighted by Gasteiger charge is 2.33. The highest BCUT2D eigenvalue weighted by molar-refractivity contribution is 5.77. The van der Waals surface area contributed by atoms with E-state index in [1.807, 2.05) is 13.0 Å². The molecular formula is C14H19N3O3. The van der Waals surface area contributed by atoms with Crippen LogP contribution in [0.3, 0.4) is 0 Å². The third kappa shape index (κ3) is 3.46. The van der Waals surface area contributed by atoms with Crippen molar-refractivity contribution in [3.05, 3.63) is 29.6 Å². The van der Waals surface area contributed by atoms with Gasteiger partial charge in [0.25, 0.3) is 0 Å². The van der Waals surface area contributed by atoms with Crippen LogP contribution in [0.25, 0.3) is 0 Å². The van der Waals surface area contributed by atoms with Crippen molar-refractivity contribution in [2.75, 3.05) is 0 Å². The number of hydrogen-bond acceptors (Lipinski definition) is 3. The van der Waals surface area contributed by atoms with Gasteiger partial charge in [-0.3, -0.25) is 9.78 Å². The Bertz CT molecular complexity index is 504. The summed E-state index contributed by atoms with van der Waals surface area (Å²) in [6, 6.07) is 1.28. The first-order valence-corrected chi connectivity index (χ1v) is 6.74. The van der Waals surface area contributed by atoms with Gasteiger partial charge in [-0.1, -0.05) is 6.42 Å². The third-order valence-corrected chi connectivity index (χ3v) is 3.74. The topological polar surface area (TPSA) is 91.3 Å². The maximum atomic E-state index is 11.8. The van der Waals surface area contributed by atoms with Crippen LogP contribution < -0.4 is 10.6 Å². The van der Waals surface area contributed by atoms with Crippen LogP contribution in [0, 0.1) is 12.8 Å². The van der Waals surface area contributed by atoms with Crippen molar-refractivity contribution in [3.63, 3.8) is 0 Å². The van der Waals surface area contributed by atoms with Gasteiger partial charge in [0.15, 0.2) is 0 Å². The Hall–Kier alpha value is -2.11. The molecule has 2 unspecified atom stereocenters. The second-order valence-electron chi connectivity index (χ2n) is 5.11. The van der Waals surface area contributed by atoms with Crippen molar-refractivity contribution < 1.29 is 14.7 Å². The van der Waals surface area contributed by atoms with E-state index in [-0.39, 0.29) is 12.1 Å². The van der Waals surface area contributed by atoms with Crippen molar-refractivity contribution in [3.8, 4) is 0 Å². The summed E-state index contributed by atoms with van der Waals surface area (Å²) in [6.07, 6.45) is 5.60. The maximum absolute atomic E-state index is 11.8. The number of carbonyl (C=O) groups excluding carboxylic acids is 1. The van der Waals surface area contributed by atoms with Gasteiger partial charge in [-0.25, -0.2) is 4.79 Å². The van der Waals surface area contributed by atoms with Gasteiger partial charge in [-0.2, -0.15) is 0 Å². The average molecular weight is 277 g/mol. The summed E-state index contributed by atoms with van der Waals surface area (Å²) < 4.78 is 0. The van der Waals surface area contributed by atoms with Gasteiger partial charge in [0.1, 0.15) is 0 Å². The molecule has 1 aliphatic carbocycles. The SMILES string of the molecule is Cc1ccncc1CNC(=O)NC1CCCC1C(=O)O. The first-order chi connectivity index (χ1) is 9.58. The molecule has 1 heterocycles. The minimum absolute atomic E-state index is 0.275. The molecule has 0 spiro atoms. The lowest BCUT2D eigenvalue weighted by atomic mass is 10.0. The summed E-state index contributed by atoms with van der Waals surface area (Å²) in [5, 5.41) is 14.6. The number of nitrogens with zero attached hydrogens (tertiary/aromatic N) is 1. The smallest absolute Gasteiger partial charge is 0.315 e. The molecule has 0 saturated heterocycles. The summed E-state index contributed by atoms with van der Waals surface area (Å²) in [4.78, 5) is 26.9. The highest BCUT2D eigenvalue weighted by atomic mass is 16.4. The standard InChI is InChI=1S/C14H19N3O3/c1-9-5-6-15-7-10(9)8-16-14(20)17-12-4-2-3-11(12)13(18)19/h5-7,11-12H,2-4,8H2,1H3,(H,18,19)(H2,16,17,20). The summed E-state index contributed by atoms with van der Waals surface area (Å²) in [7, 11) is 0. The van der Waals surface area contributed by atoms with Gasteiger partial charge in [0.05, 0.1) is 5.92 Å². The summed E-state index contributed by atoms with van der Waals surface area (Å²) in [6.45, 7) is 2.34. The summed E-state index contributed by atoms with van der Waals surface area (Å²) in [5.74, 6) is -1.31. The quantitative estimate of drug-likeness (QED) is 0.776. The predicted octanol–water partition coefficient (Wildman–Crippen LogP) is 1.44. The molecule has 20 heavy (non-hydrogen) atoms. The number of carboxylic acid groups (broad SMARTS) is 1. The van der Waals surface area contributed by atoms with Gasteiger partial charge >= 0.3 is 12.0 Å². The normalized spacial score (nSPS) is 21.4. The van der Waals surface area contributed by atoms with Crippen molar-refractivity contribution in [1.82, 2.24) is 15.6 Å². The number of urea groups is 1. The molecule has 1 fully saturated rings. The molecule has 0 radical (unpaired) electrons. The molecule has 0 aromatic carbocycles. The molecular weight excluding hydrogens is 258 g/mol. The van der Waals surface area contributed by atoms with Crippen molar-refractivity contribution >= 4 is 12.0 Å². The number of aryl methyl sites for hydroxylation is 1. The largest absolute Gasteiger partial charge is 0.481 e. The van der Waals surface area contributed by atoms with E-state index in [2.05, 4.69) is 15.6 Å². The van der Waals surface area contributed by atoms with Crippen LogP contribution in [-0.2, 0) is 11.3 Å². The lowest BCUT2D eigenvalue weighted by Crippen LogP contribution is -2.45. The van der Waals surface area contributed by atoms with Crippen LogP contribution >= 0.6 is 0 Å². The Morgan fingerprint density at radius 3 is 2.95 bits per heavy atom. The Balaban J connectivity index is 1.84. The van der Waals surface area contributed by atoms with Crippen LogP contribution in [-0.4, -0.2) is 28.1 Å². The van der Waals surface area contributed by atoms with Crippen molar-refractivity contribution in [1.29, 1.82) is 0 Å². The summed E-state index contributed by atoms with van der Waals surface area (Å²) in [5.41, 5.74) is 2.01. The molecule has 6 heteroatoms. The Morgan fingerprint density at radius 2 is 2.25 bits per heavy atom. The number of nitrogens with one attached hydrogen (secondary N) is 2. The maximum Gasteiger partial charge on any atom is 0.315 e. The van der Waals surface area contributed by atoms with E-state index < -0.39 is 11.9 Å². The van der Waals surface area contributed by atoms with E-state index in [1.54, 1.807) is 12.4 Å². The zero-order chi connectivity index (χ0) is 14.5. The van der Waals surface area contributed by atoms with Crippen LogP contribution in [0.2, 0.25) is 0 Å². The Labute approximate surface area is 117 Å². The molecule has 1 aliphatic rings. The average Bonchev–Trinajstić information content (AvgIpc) is 2.86. The molecule has 1 saturated carbocycles. The number of carbonyl (C=O) groups is 2. The zero-order valence-corrected chi connectivity index (χ0v) is 11.4. The van der Waals surface area contributed by atoms with E-state index in [0.29, 0.717) is 13.0 Å². The number of aromatic nitrogens is 1. The number of aliphatic carboxylic acids is 1. The molecule has 2 atom stereocenters. The van der Waals surface area contributed by atoms with Gasteiger partial charge in [-0.05, 0) is 37.0 Å². The lowest BCUT2D eigenvalue weighted by molar-refractivity contribution is -0.142. The van der Waals surface area contributed by atoms with E-state index in [0.717, 1.165) is 24.0 Å². The number of carboxylic acids is 1. The van der Waals surface area contributed by atoms with Crippen LogP contribution in [0.4, 0.5) is 4.79 Å². The number of rotatable bonds is 4. The van der Waals surface area contributed by atoms with Crippen LogP contribution in [0.1, 0.15) is 30.4 Å². The van der Waals surface area contributed by atoms with E-state index in [4.69, 9.17) is 5.11 Å². The minimum Gasteiger partial charge on any atom is -0.481 e.